The maximum atomic E-state index is 13.9. The summed E-state index contributed by atoms with van der Waals surface area (Å²) >= 11 is 0. The maximum absolute atomic E-state index is 13.9. The number of aliphatic hydroxyl groups excluding tert-OH is 2. The number of carbonyl (C=O) groups excluding carboxylic acids is 3. The number of hydrogen-bond donors (Lipinski definition) is 5. The Balaban J connectivity index is 1.71. The summed E-state index contributed by atoms with van der Waals surface area (Å²) in [6.45, 7) is 3.81. The number of ether oxygens (including phenoxy) is 1. The first-order chi connectivity index (χ1) is 18.4. The number of likely N-dealkylation sites (N-methyl/N-ethyl adjacent to an activating group) is 1. The molecule has 5 atom stereocenters. The van der Waals surface area contributed by atoms with E-state index in [9.17, 15) is 34.8 Å². The molecule has 11 nitrogen and oxygen atoms in total. The number of benzene rings is 1. The topological polar surface area (TPSA) is 174 Å². The van der Waals surface area contributed by atoms with E-state index in [0.29, 0.717) is 11.3 Å². The number of fused-ring (bicyclic) bond motifs is 3. The van der Waals surface area contributed by atoms with Crippen molar-refractivity contribution in [3.05, 3.63) is 39.7 Å². The van der Waals surface area contributed by atoms with E-state index in [4.69, 9.17) is 10.5 Å². The second-order valence-corrected chi connectivity index (χ2v) is 11.1. The minimum absolute atomic E-state index is 0.0233. The number of rotatable bonds is 5. The van der Waals surface area contributed by atoms with Gasteiger partial charge >= 0.3 is 0 Å². The predicted octanol–water partition coefficient (Wildman–Crippen LogP) is 1.13. The van der Waals surface area contributed by atoms with Crippen LogP contribution in [-0.4, -0.2) is 93.6 Å². The van der Waals surface area contributed by atoms with Crippen LogP contribution in [0.15, 0.2) is 23.0 Å². The molecule has 210 valence electrons. The average molecular weight is 542 g/mol. The summed E-state index contributed by atoms with van der Waals surface area (Å²) in [7, 11) is 4.67. The van der Waals surface area contributed by atoms with Crippen molar-refractivity contribution < 1.29 is 39.5 Å². The third kappa shape index (κ3) is 3.63. The van der Waals surface area contributed by atoms with Gasteiger partial charge in [0.1, 0.15) is 28.6 Å². The van der Waals surface area contributed by atoms with E-state index >= 15 is 0 Å². The second-order valence-electron chi connectivity index (χ2n) is 11.1. The van der Waals surface area contributed by atoms with Crippen LogP contribution in [0, 0.1) is 11.8 Å². The van der Waals surface area contributed by atoms with Gasteiger partial charge in [-0.05, 0) is 64.9 Å². The van der Waals surface area contributed by atoms with E-state index in [1.165, 1.54) is 12.0 Å². The van der Waals surface area contributed by atoms with Crippen molar-refractivity contribution >= 4 is 23.2 Å². The van der Waals surface area contributed by atoms with Crippen molar-refractivity contribution in [1.82, 2.24) is 9.80 Å². The molecular formula is C28H35N3O8. The van der Waals surface area contributed by atoms with Crippen LogP contribution in [0.2, 0.25) is 0 Å². The zero-order chi connectivity index (χ0) is 28.5. The normalized spacial score (nSPS) is 30.9. The van der Waals surface area contributed by atoms with E-state index in [2.05, 4.69) is 11.8 Å². The van der Waals surface area contributed by atoms with Gasteiger partial charge in [0.2, 0.25) is 5.78 Å². The summed E-state index contributed by atoms with van der Waals surface area (Å²) in [6.07, 6.45) is 2.10. The third-order valence-corrected chi connectivity index (χ3v) is 9.03. The molecule has 6 N–H and O–H groups in total. The number of nitrogens with zero attached hydrogens (tertiary/aromatic N) is 2. The molecule has 0 bridgehead atoms. The number of amides is 1. The number of aliphatic hydroxyl groups is 3. The van der Waals surface area contributed by atoms with E-state index in [-0.39, 0.29) is 35.8 Å². The molecule has 2 fully saturated rings. The zero-order valence-electron chi connectivity index (χ0n) is 22.5. The lowest BCUT2D eigenvalue weighted by atomic mass is 9.57. The van der Waals surface area contributed by atoms with E-state index in [1.807, 2.05) is 0 Å². The number of carbonyl (C=O) groups is 3. The molecule has 0 radical (unpaired) electrons. The van der Waals surface area contributed by atoms with Crippen molar-refractivity contribution in [3.63, 3.8) is 0 Å². The number of aromatic hydroxyl groups is 1. The smallest absolute Gasteiger partial charge is 0.255 e. The van der Waals surface area contributed by atoms with Gasteiger partial charge in [-0.1, -0.05) is 6.92 Å². The van der Waals surface area contributed by atoms with Crippen LogP contribution in [0.4, 0.5) is 0 Å². The molecule has 0 aromatic heterocycles. The molecule has 0 spiro atoms. The minimum Gasteiger partial charge on any atom is -0.508 e. The van der Waals surface area contributed by atoms with Gasteiger partial charge in [0.05, 0.1) is 18.7 Å². The molecule has 1 aromatic carbocycles. The largest absolute Gasteiger partial charge is 0.508 e. The number of primary amides is 1. The fourth-order valence-corrected chi connectivity index (χ4v) is 7.36. The van der Waals surface area contributed by atoms with E-state index < -0.39 is 58.0 Å². The van der Waals surface area contributed by atoms with Crippen molar-refractivity contribution in [2.24, 2.45) is 17.6 Å². The van der Waals surface area contributed by atoms with Crippen LogP contribution in [0.3, 0.4) is 0 Å². The standard InChI is InChI=1S/C28H35N3O8/c1-5-31-8-6-7-16(31)13-11-17(32)19-14(24(13)39-4)9-12-10-15-21(30(2)3)23(34)20(27(29)37)26(36)28(15,38)25(35)18(12)22(19)33/h11-12,15-16,21,32-33,36,38H,5-10H2,1-4H3,(H2,29,37)/t12-,15-,16-,21-,28-/m0/s1. The van der Waals surface area contributed by atoms with Crippen LogP contribution in [0.1, 0.15) is 48.9 Å². The van der Waals surface area contributed by atoms with Gasteiger partial charge in [-0.15, -0.1) is 0 Å². The highest BCUT2D eigenvalue weighted by molar-refractivity contribution is 6.24. The Morgan fingerprint density at radius 1 is 1.26 bits per heavy atom. The highest BCUT2D eigenvalue weighted by atomic mass is 16.5. The second kappa shape index (κ2) is 9.35. The molecule has 1 heterocycles. The first-order valence-electron chi connectivity index (χ1n) is 13.2. The number of hydrogen-bond acceptors (Lipinski definition) is 10. The van der Waals surface area contributed by atoms with Gasteiger partial charge in [-0.2, -0.15) is 0 Å². The zero-order valence-corrected chi connectivity index (χ0v) is 22.5. The van der Waals surface area contributed by atoms with Gasteiger partial charge < -0.3 is 30.9 Å². The van der Waals surface area contributed by atoms with Crippen LogP contribution in [0.5, 0.6) is 11.5 Å². The summed E-state index contributed by atoms with van der Waals surface area (Å²) in [5, 5.41) is 45.2. The molecule has 1 aromatic rings. The fourth-order valence-electron chi connectivity index (χ4n) is 7.36. The summed E-state index contributed by atoms with van der Waals surface area (Å²) in [5.41, 5.74) is 3.08. The summed E-state index contributed by atoms with van der Waals surface area (Å²) in [5.74, 6) is -6.17. The maximum Gasteiger partial charge on any atom is 0.255 e. The molecule has 1 saturated carbocycles. The molecule has 1 amide bonds. The van der Waals surface area contributed by atoms with E-state index in [1.54, 1.807) is 20.2 Å². The molecule has 3 aliphatic carbocycles. The first kappa shape index (κ1) is 27.2. The third-order valence-electron chi connectivity index (χ3n) is 9.03. The van der Waals surface area contributed by atoms with Gasteiger partial charge in [-0.25, -0.2) is 0 Å². The number of methoxy groups -OCH3 is 1. The number of likely N-dealkylation sites (tertiary alicyclic amines) is 1. The molecule has 1 aliphatic heterocycles. The van der Waals surface area contributed by atoms with Crippen LogP contribution < -0.4 is 10.5 Å². The number of phenolic OH excluding ortho intramolecular Hbond substituents is 1. The van der Waals surface area contributed by atoms with Gasteiger partial charge in [-0.3, -0.25) is 24.2 Å². The predicted molar refractivity (Wildman–Crippen MR) is 140 cm³/mol. The summed E-state index contributed by atoms with van der Waals surface area (Å²) in [4.78, 5) is 43.1. The average Bonchev–Trinajstić information content (AvgIpc) is 3.34. The fraction of sp³-hybridized carbons (Fsp3) is 0.536. The number of phenols is 1. The molecular weight excluding hydrogens is 506 g/mol. The Hall–Kier alpha value is -3.41. The summed E-state index contributed by atoms with van der Waals surface area (Å²) in [6, 6.07) is 0.457. The highest BCUT2D eigenvalue weighted by Gasteiger charge is 2.64. The van der Waals surface area contributed by atoms with Gasteiger partial charge in [0.25, 0.3) is 5.91 Å². The SMILES string of the molecule is CCN1CCC[C@H]1c1cc(O)c2c(c1OC)C[C@H]1C[C@H]3[C@H](N(C)C)C(=O)C(C(N)=O)=C(O)[C@@]3(O)C(=O)C1=C2O. The number of ketones is 2. The lowest BCUT2D eigenvalue weighted by molar-refractivity contribution is -0.153. The molecule has 4 aliphatic rings. The van der Waals surface area contributed by atoms with Crippen molar-refractivity contribution in [2.45, 2.75) is 50.3 Å². The lowest BCUT2D eigenvalue weighted by Crippen LogP contribution is -2.65. The lowest BCUT2D eigenvalue weighted by Gasteiger charge is -2.50. The minimum atomic E-state index is -2.66. The molecule has 11 heteroatoms. The van der Waals surface area contributed by atoms with Crippen LogP contribution in [0.25, 0.3) is 5.76 Å². The Bertz CT molecular complexity index is 1350. The van der Waals surface area contributed by atoms with Crippen molar-refractivity contribution in [2.75, 3.05) is 34.3 Å². The van der Waals surface area contributed by atoms with Crippen LogP contribution >= 0.6 is 0 Å². The quantitative estimate of drug-likeness (QED) is 0.340. The van der Waals surface area contributed by atoms with Gasteiger partial charge in [0, 0.05) is 28.7 Å². The molecule has 5 rings (SSSR count). The van der Waals surface area contributed by atoms with Crippen molar-refractivity contribution in [1.29, 1.82) is 0 Å². The number of Topliss-reactive ketones (excluding diaryl/α,β-unsaturated/α-hetero) is 2. The summed E-state index contributed by atoms with van der Waals surface area (Å²) < 4.78 is 5.85. The Morgan fingerprint density at radius 3 is 2.54 bits per heavy atom. The van der Waals surface area contributed by atoms with E-state index in [0.717, 1.165) is 31.5 Å². The first-order valence-corrected chi connectivity index (χ1v) is 13.2. The van der Waals surface area contributed by atoms with Crippen LogP contribution in [-0.2, 0) is 20.8 Å². The Kier molecular flexibility index (Phi) is 6.52. The Labute approximate surface area is 226 Å². The highest BCUT2D eigenvalue weighted by Crippen LogP contribution is 2.55. The van der Waals surface area contributed by atoms with Crippen molar-refractivity contribution in [3.8, 4) is 11.5 Å². The number of nitrogens with two attached hydrogens (primary N) is 1. The molecule has 39 heavy (non-hydrogen) atoms. The molecule has 1 saturated heterocycles. The Morgan fingerprint density at radius 2 is 1.95 bits per heavy atom. The van der Waals surface area contributed by atoms with Gasteiger partial charge in [0.15, 0.2) is 11.4 Å². The monoisotopic (exact) mass is 541 g/mol. The molecule has 0 unspecified atom stereocenters.